The molecule has 2 heteroatoms. The van der Waals surface area contributed by atoms with Crippen LogP contribution in [0.5, 0.6) is 5.75 Å². The van der Waals surface area contributed by atoms with Crippen LogP contribution in [0.1, 0.15) is 25.0 Å². The molecule has 0 aliphatic rings. The molecule has 0 fully saturated rings. The van der Waals surface area contributed by atoms with Gasteiger partial charge in [0, 0.05) is 5.57 Å². The highest BCUT2D eigenvalue weighted by Crippen LogP contribution is 2.16. The Morgan fingerprint density at radius 3 is 2.40 bits per heavy atom. The first kappa shape index (κ1) is 14.1. The molecule has 0 radical (unpaired) electrons. The molecule has 0 amide bonds. The average Bonchev–Trinajstić information content (AvgIpc) is 2.48. The van der Waals surface area contributed by atoms with E-state index in [0.29, 0.717) is 11.3 Å². The van der Waals surface area contributed by atoms with E-state index >= 15 is 0 Å². The van der Waals surface area contributed by atoms with Crippen LogP contribution in [-0.2, 0) is 11.2 Å². The molecular weight excluding hydrogens is 248 g/mol. The highest BCUT2D eigenvalue weighted by molar-refractivity contribution is 5.94. The standard InChI is InChI=1S/C18H18O2/c1-3-15-9-7-8-10-16(15)13-14(2)18(19)20-17-11-5-4-6-12-17/h4-13H,3H2,1-2H3. The lowest BCUT2D eigenvalue weighted by atomic mass is 10.0. The first-order valence-corrected chi connectivity index (χ1v) is 6.74. The van der Waals surface area contributed by atoms with E-state index in [1.165, 1.54) is 5.56 Å². The maximum absolute atomic E-state index is 12.0. The van der Waals surface area contributed by atoms with E-state index in [2.05, 4.69) is 13.0 Å². The molecule has 2 aromatic carbocycles. The van der Waals surface area contributed by atoms with E-state index in [1.54, 1.807) is 19.1 Å². The zero-order valence-corrected chi connectivity index (χ0v) is 11.8. The van der Waals surface area contributed by atoms with Crippen LogP contribution in [0.3, 0.4) is 0 Å². The van der Waals surface area contributed by atoms with Gasteiger partial charge in [0.25, 0.3) is 0 Å². The van der Waals surface area contributed by atoms with Crippen molar-refractivity contribution in [3.63, 3.8) is 0 Å². The normalized spacial score (nSPS) is 11.2. The zero-order chi connectivity index (χ0) is 14.4. The fraction of sp³-hybridized carbons (Fsp3) is 0.167. The van der Waals surface area contributed by atoms with E-state index in [-0.39, 0.29) is 5.97 Å². The van der Waals surface area contributed by atoms with Crippen LogP contribution < -0.4 is 4.74 Å². The predicted molar refractivity (Wildman–Crippen MR) is 81.5 cm³/mol. The Kier molecular flexibility index (Phi) is 4.72. The van der Waals surface area contributed by atoms with Crippen LogP contribution in [0.15, 0.2) is 60.2 Å². The Hall–Kier alpha value is -2.35. The topological polar surface area (TPSA) is 26.3 Å². The molecule has 0 atom stereocenters. The van der Waals surface area contributed by atoms with Crippen LogP contribution in [0, 0.1) is 0 Å². The van der Waals surface area contributed by atoms with Crippen molar-refractivity contribution in [2.24, 2.45) is 0 Å². The summed E-state index contributed by atoms with van der Waals surface area (Å²) in [5.41, 5.74) is 2.88. The van der Waals surface area contributed by atoms with Gasteiger partial charge in [-0.05, 0) is 42.7 Å². The molecule has 2 rings (SSSR count). The first-order valence-electron chi connectivity index (χ1n) is 6.74. The SMILES string of the molecule is CCc1ccccc1C=C(C)C(=O)Oc1ccccc1. The molecule has 0 aliphatic carbocycles. The maximum atomic E-state index is 12.0. The lowest BCUT2D eigenvalue weighted by molar-refractivity contribution is -0.130. The second kappa shape index (κ2) is 6.71. The number of hydrogen-bond acceptors (Lipinski definition) is 2. The molecule has 2 aromatic rings. The minimum Gasteiger partial charge on any atom is -0.423 e. The highest BCUT2D eigenvalue weighted by Gasteiger charge is 2.08. The molecule has 0 aliphatic heterocycles. The van der Waals surface area contributed by atoms with Gasteiger partial charge >= 0.3 is 5.97 Å². The Balaban J connectivity index is 2.16. The molecule has 0 unspecified atom stereocenters. The van der Waals surface area contributed by atoms with Gasteiger partial charge in [-0.3, -0.25) is 0 Å². The van der Waals surface area contributed by atoms with E-state index in [0.717, 1.165) is 12.0 Å². The summed E-state index contributed by atoms with van der Waals surface area (Å²) >= 11 is 0. The van der Waals surface area contributed by atoms with E-state index in [1.807, 2.05) is 42.5 Å². The van der Waals surface area contributed by atoms with Crippen molar-refractivity contribution in [3.05, 3.63) is 71.3 Å². The summed E-state index contributed by atoms with van der Waals surface area (Å²) in [5.74, 6) is 0.246. The van der Waals surface area contributed by atoms with Crippen molar-refractivity contribution in [3.8, 4) is 5.75 Å². The third-order valence-corrected chi connectivity index (χ3v) is 3.08. The molecule has 20 heavy (non-hydrogen) atoms. The van der Waals surface area contributed by atoms with Crippen LogP contribution in [0.2, 0.25) is 0 Å². The summed E-state index contributed by atoms with van der Waals surface area (Å²) in [6.07, 6.45) is 2.82. The lowest BCUT2D eigenvalue weighted by Crippen LogP contribution is -2.09. The summed E-state index contributed by atoms with van der Waals surface area (Å²) < 4.78 is 5.31. The number of ether oxygens (including phenoxy) is 1. The summed E-state index contributed by atoms with van der Waals surface area (Å²) in [6, 6.07) is 17.2. The Morgan fingerprint density at radius 1 is 1.05 bits per heavy atom. The van der Waals surface area contributed by atoms with Gasteiger partial charge in [0.1, 0.15) is 5.75 Å². The number of rotatable bonds is 4. The van der Waals surface area contributed by atoms with Gasteiger partial charge in [0.05, 0.1) is 0 Å². The highest BCUT2D eigenvalue weighted by atomic mass is 16.5. The molecule has 2 nitrogen and oxygen atoms in total. The smallest absolute Gasteiger partial charge is 0.339 e. The van der Waals surface area contributed by atoms with Gasteiger partial charge in [-0.2, -0.15) is 0 Å². The van der Waals surface area contributed by atoms with Crippen molar-refractivity contribution in [1.82, 2.24) is 0 Å². The molecule has 0 saturated carbocycles. The summed E-state index contributed by atoms with van der Waals surface area (Å²) in [5, 5.41) is 0. The predicted octanol–water partition coefficient (Wildman–Crippen LogP) is 4.26. The van der Waals surface area contributed by atoms with E-state index < -0.39 is 0 Å². The van der Waals surface area contributed by atoms with Crippen LogP contribution in [0.25, 0.3) is 6.08 Å². The third kappa shape index (κ3) is 3.58. The average molecular weight is 266 g/mol. The van der Waals surface area contributed by atoms with Gasteiger partial charge in [0.15, 0.2) is 0 Å². The summed E-state index contributed by atoms with van der Waals surface area (Å²) in [6.45, 7) is 3.88. The molecular formula is C18H18O2. The van der Waals surface area contributed by atoms with Gasteiger partial charge in [-0.25, -0.2) is 4.79 Å². The van der Waals surface area contributed by atoms with Crippen molar-refractivity contribution >= 4 is 12.0 Å². The summed E-state index contributed by atoms with van der Waals surface area (Å²) in [7, 11) is 0. The number of esters is 1. The molecule has 0 N–H and O–H groups in total. The van der Waals surface area contributed by atoms with E-state index in [4.69, 9.17) is 4.74 Å². The maximum Gasteiger partial charge on any atom is 0.339 e. The van der Waals surface area contributed by atoms with Gasteiger partial charge in [0.2, 0.25) is 0 Å². The lowest BCUT2D eigenvalue weighted by Gasteiger charge is -2.06. The number of carbonyl (C=O) groups is 1. The second-order valence-electron chi connectivity index (χ2n) is 4.58. The fourth-order valence-corrected chi connectivity index (χ4v) is 1.97. The number of benzene rings is 2. The quantitative estimate of drug-likeness (QED) is 0.469. The van der Waals surface area contributed by atoms with Gasteiger partial charge in [-0.15, -0.1) is 0 Å². The number of carbonyl (C=O) groups excluding carboxylic acids is 1. The Bertz CT molecular complexity index is 612. The molecule has 0 aromatic heterocycles. The monoisotopic (exact) mass is 266 g/mol. The van der Waals surface area contributed by atoms with Crippen molar-refractivity contribution < 1.29 is 9.53 Å². The number of para-hydroxylation sites is 1. The molecule has 0 spiro atoms. The minimum atomic E-state index is -0.317. The van der Waals surface area contributed by atoms with Crippen molar-refractivity contribution in [2.45, 2.75) is 20.3 Å². The number of hydrogen-bond donors (Lipinski definition) is 0. The minimum absolute atomic E-state index is 0.317. The van der Waals surface area contributed by atoms with Crippen molar-refractivity contribution in [1.29, 1.82) is 0 Å². The fourth-order valence-electron chi connectivity index (χ4n) is 1.97. The van der Waals surface area contributed by atoms with Crippen molar-refractivity contribution in [2.75, 3.05) is 0 Å². The van der Waals surface area contributed by atoms with Crippen LogP contribution >= 0.6 is 0 Å². The summed E-state index contributed by atoms with van der Waals surface area (Å²) in [4.78, 5) is 12.0. The van der Waals surface area contributed by atoms with E-state index in [9.17, 15) is 4.79 Å². The Morgan fingerprint density at radius 2 is 1.70 bits per heavy atom. The van der Waals surface area contributed by atoms with Crippen LogP contribution in [-0.4, -0.2) is 5.97 Å². The molecule has 0 saturated heterocycles. The Labute approximate surface area is 119 Å². The third-order valence-electron chi connectivity index (χ3n) is 3.08. The zero-order valence-electron chi connectivity index (χ0n) is 11.8. The molecule has 102 valence electrons. The largest absolute Gasteiger partial charge is 0.423 e. The number of aryl methyl sites for hydroxylation is 1. The molecule has 0 bridgehead atoms. The molecule has 0 heterocycles. The van der Waals surface area contributed by atoms with Crippen LogP contribution in [0.4, 0.5) is 0 Å². The van der Waals surface area contributed by atoms with Gasteiger partial charge < -0.3 is 4.74 Å². The van der Waals surface area contributed by atoms with Gasteiger partial charge in [-0.1, -0.05) is 49.4 Å². The first-order chi connectivity index (χ1) is 9.70. The second-order valence-corrected chi connectivity index (χ2v) is 4.58.